The summed E-state index contributed by atoms with van der Waals surface area (Å²) in [4.78, 5) is 32.2. The summed E-state index contributed by atoms with van der Waals surface area (Å²) in [5.74, 6) is -0.374. The number of carbonyl (C=O) groups is 2. The van der Waals surface area contributed by atoms with Crippen LogP contribution in [0.5, 0.6) is 0 Å². The van der Waals surface area contributed by atoms with E-state index < -0.39 is 5.91 Å². The van der Waals surface area contributed by atoms with Crippen LogP contribution in [0.3, 0.4) is 0 Å². The molecule has 1 aromatic carbocycles. The zero-order valence-electron chi connectivity index (χ0n) is 13.9. The second kappa shape index (κ2) is 7.99. The van der Waals surface area contributed by atoms with Crippen LogP contribution in [0.25, 0.3) is 0 Å². The molecule has 2 heterocycles. The van der Waals surface area contributed by atoms with Crippen LogP contribution in [0.1, 0.15) is 17.4 Å². The summed E-state index contributed by atoms with van der Waals surface area (Å²) in [6.07, 6.45) is 4.22. The van der Waals surface area contributed by atoms with Gasteiger partial charge in [0.05, 0.1) is 21.9 Å². The highest BCUT2D eigenvalue weighted by Gasteiger charge is 2.28. The smallest absolute Gasteiger partial charge is 0.275 e. The van der Waals surface area contributed by atoms with Gasteiger partial charge in [-0.1, -0.05) is 30.1 Å². The lowest BCUT2D eigenvalue weighted by atomic mass is 9.88. The summed E-state index contributed by atoms with van der Waals surface area (Å²) in [5, 5.41) is 8.99. The van der Waals surface area contributed by atoms with Crippen LogP contribution >= 0.6 is 23.2 Å². The highest BCUT2D eigenvalue weighted by Crippen LogP contribution is 2.34. The van der Waals surface area contributed by atoms with E-state index in [1.54, 1.807) is 12.1 Å². The first kappa shape index (κ1) is 18.6. The molecule has 0 saturated carbocycles. The Labute approximate surface area is 160 Å². The number of rotatable bonds is 5. The number of aromatic nitrogens is 2. The first-order valence-corrected chi connectivity index (χ1v) is 8.79. The molecule has 0 aliphatic carbocycles. The fourth-order valence-corrected chi connectivity index (χ4v) is 3.07. The van der Waals surface area contributed by atoms with Gasteiger partial charge < -0.3 is 16.0 Å². The predicted octanol–water partition coefficient (Wildman–Crippen LogP) is 2.83. The largest absolute Gasteiger partial charge is 0.326 e. The Morgan fingerprint density at radius 2 is 1.88 bits per heavy atom. The zero-order chi connectivity index (χ0) is 18.7. The molecular formula is C17H17Cl2N5O2. The van der Waals surface area contributed by atoms with Gasteiger partial charge in [0.25, 0.3) is 5.91 Å². The molecule has 1 fully saturated rings. The summed E-state index contributed by atoms with van der Waals surface area (Å²) in [5.41, 5.74) is 0.861. The van der Waals surface area contributed by atoms with Gasteiger partial charge in [0, 0.05) is 24.0 Å². The summed E-state index contributed by atoms with van der Waals surface area (Å²) in [6, 6.07) is 3.09. The van der Waals surface area contributed by atoms with Gasteiger partial charge in [0.1, 0.15) is 5.69 Å². The number of amides is 2. The third-order valence-corrected chi connectivity index (χ3v) is 4.87. The molecule has 3 rings (SSSR count). The lowest BCUT2D eigenvalue weighted by Crippen LogP contribution is -2.48. The fraction of sp³-hybridized carbons (Fsp3) is 0.294. The molecular weight excluding hydrogens is 377 g/mol. The second-order valence-electron chi connectivity index (χ2n) is 6.06. The molecule has 1 aliphatic rings. The SMILES string of the molecule is CC(C(=O)Nc1cc(Cl)c(NC(=O)c2cnccn2)c(Cl)c1)C1CNC1. The minimum atomic E-state index is -0.482. The van der Waals surface area contributed by atoms with Crippen LogP contribution < -0.4 is 16.0 Å². The van der Waals surface area contributed by atoms with E-state index >= 15 is 0 Å². The average Bonchev–Trinajstić information content (AvgIpc) is 2.57. The van der Waals surface area contributed by atoms with E-state index in [1.165, 1.54) is 18.6 Å². The van der Waals surface area contributed by atoms with E-state index in [0.29, 0.717) is 11.6 Å². The molecule has 1 aromatic heterocycles. The van der Waals surface area contributed by atoms with Crippen LogP contribution in [0.15, 0.2) is 30.7 Å². The summed E-state index contributed by atoms with van der Waals surface area (Å²) in [6.45, 7) is 3.56. The third kappa shape index (κ3) is 4.12. The van der Waals surface area contributed by atoms with Crippen LogP contribution in [0.4, 0.5) is 11.4 Å². The van der Waals surface area contributed by atoms with Crippen molar-refractivity contribution in [3.05, 3.63) is 46.5 Å². The Morgan fingerprint density at radius 1 is 1.19 bits per heavy atom. The van der Waals surface area contributed by atoms with Gasteiger partial charge in [0.2, 0.25) is 5.91 Å². The highest BCUT2D eigenvalue weighted by molar-refractivity contribution is 6.40. The van der Waals surface area contributed by atoms with E-state index in [-0.39, 0.29) is 33.3 Å². The molecule has 3 N–H and O–H groups in total. The van der Waals surface area contributed by atoms with Gasteiger partial charge in [-0.3, -0.25) is 14.6 Å². The Hall–Kier alpha value is -2.22. The minimum absolute atomic E-state index is 0.0972. The van der Waals surface area contributed by atoms with Crippen LogP contribution in [-0.2, 0) is 4.79 Å². The lowest BCUT2D eigenvalue weighted by molar-refractivity contribution is -0.121. The molecule has 26 heavy (non-hydrogen) atoms. The zero-order valence-corrected chi connectivity index (χ0v) is 15.4. The van der Waals surface area contributed by atoms with E-state index in [9.17, 15) is 9.59 Å². The topological polar surface area (TPSA) is 96.0 Å². The Balaban J connectivity index is 1.71. The maximum atomic E-state index is 12.3. The Bertz CT molecular complexity index is 804. The number of benzene rings is 1. The molecule has 1 atom stereocenters. The first-order chi connectivity index (χ1) is 12.5. The van der Waals surface area contributed by atoms with Crippen molar-refractivity contribution in [3.8, 4) is 0 Å². The molecule has 2 aromatic rings. The standard InChI is InChI=1S/C17H17Cl2N5O2/c1-9(10-6-21-7-10)16(25)23-11-4-12(18)15(13(19)5-11)24-17(26)14-8-20-2-3-22-14/h2-5,8-10,21H,6-7H2,1H3,(H,23,25)(H,24,26). The van der Waals surface area contributed by atoms with Crippen molar-refractivity contribution in [1.29, 1.82) is 0 Å². The molecule has 2 amide bonds. The average molecular weight is 394 g/mol. The highest BCUT2D eigenvalue weighted by atomic mass is 35.5. The van der Waals surface area contributed by atoms with Crippen molar-refractivity contribution in [3.63, 3.8) is 0 Å². The van der Waals surface area contributed by atoms with Crippen LogP contribution in [0, 0.1) is 11.8 Å². The molecule has 0 radical (unpaired) electrons. The molecule has 1 unspecified atom stereocenters. The molecule has 136 valence electrons. The number of hydrogen-bond donors (Lipinski definition) is 3. The first-order valence-electron chi connectivity index (χ1n) is 8.03. The molecule has 1 aliphatic heterocycles. The van der Waals surface area contributed by atoms with Gasteiger partial charge in [-0.15, -0.1) is 0 Å². The quantitative estimate of drug-likeness (QED) is 0.725. The summed E-state index contributed by atoms with van der Waals surface area (Å²) < 4.78 is 0. The van der Waals surface area contributed by atoms with E-state index in [4.69, 9.17) is 23.2 Å². The molecule has 0 bridgehead atoms. The van der Waals surface area contributed by atoms with E-state index in [0.717, 1.165) is 13.1 Å². The number of hydrogen-bond acceptors (Lipinski definition) is 5. The maximum Gasteiger partial charge on any atom is 0.275 e. The van der Waals surface area contributed by atoms with Gasteiger partial charge >= 0.3 is 0 Å². The number of nitrogens with one attached hydrogen (secondary N) is 3. The lowest BCUT2D eigenvalue weighted by Gasteiger charge is -2.31. The minimum Gasteiger partial charge on any atom is -0.326 e. The molecule has 1 saturated heterocycles. The van der Waals surface area contributed by atoms with Gasteiger partial charge in [0.15, 0.2) is 0 Å². The molecule has 0 spiro atoms. The summed E-state index contributed by atoms with van der Waals surface area (Å²) >= 11 is 12.5. The van der Waals surface area contributed by atoms with Crippen LogP contribution in [0.2, 0.25) is 10.0 Å². The monoisotopic (exact) mass is 393 g/mol. The molecule has 9 heteroatoms. The number of anilines is 2. The van der Waals surface area contributed by atoms with Crippen molar-refractivity contribution >= 4 is 46.4 Å². The number of carbonyl (C=O) groups excluding carboxylic acids is 2. The maximum absolute atomic E-state index is 12.3. The van der Waals surface area contributed by atoms with Gasteiger partial charge in [-0.2, -0.15) is 0 Å². The molecule has 7 nitrogen and oxygen atoms in total. The summed E-state index contributed by atoms with van der Waals surface area (Å²) in [7, 11) is 0. The van der Waals surface area contributed by atoms with Crippen molar-refractivity contribution in [2.45, 2.75) is 6.92 Å². The second-order valence-corrected chi connectivity index (χ2v) is 6.87. The number of nitrogens with zero attached hydrogens (tertiary/aromatic N) is 2. The fourth-order valence-electron chi connectivity index (χ4n) is 2.49. The van der Waals surface area contributed by atoms with Crippen molar-refractivity contribution < 1.29 is 9.59 Å². The van der Waals surface area contributed by atoms with Crippen molar-refractivity contribution in [1.82, 2.24) is 15.3 Å². The van der Waals surface area contributed by atoms with Crippen LogP contribution in [-0.4, -0.2) is 34.9 Å². The normalized spacial score (nSPS) is 15.0. The van der Waals surface area contributed by atoms with Crippen molar-refractivity contribution in [2.24, 2.45) is 11.8 Å². The predicted molar refractivity (Wildman–Crippen MR) is 101 cm³/mol. The van der Waals surface area contributed by atoms with E-state index in [1.807, 2.05) is 6.92 Å². The third-order valence-electron chi connectivity index (χ3n) is 4.28. The van der Waals surface area contributed by atoms with Gasteiger partial charge in [-0.25, -0.2) is 4.98 Å². The van der Waals surface area contributed by atoms with Gasteiger partial charge in [-0.05, 0) is 31.1 Å². The Morgan fingerprint density at radius 3 is 2.42 bits per heavy atom. The van der Waals surface area contributed by atoms with Crippen molar-refractivity contribution in [2.75, 3.05) is 23.7 Å². The number of halogens is 2. The van der Waals surface area contributed by atoms with E-state index in [2.05, 4.69) is 25.9 Å². The Kier molecular flexibility index (Phi) is 5.70.